The summed E-state index contributed by atoms with van der Waals surface area (Å²) in [5, 5.41) is 4.55. The van der Waals surface area contributed by atoms with E-state index in [9.17, 15) is 0 Å². The summed E-state index contributed by atoms with van der Waals surface area (Å²) in [5.41, 5.74) is 2.18. The lowest BCUT2D eigenvalue weighted by Crippen LogP contribution is -2.20. The van der Waals surface area contributed by atoms with E-state index in [1.165, 1.54) is 4.88 Å². The maximum absolute atomic E-state index is 5.06. The Bertz CT molecular complexity index is 527. The Labute approximate surface area is 124 Å². The highest BCUT2D eigenvalue weighted by atomic mass is 32.1. The van der Waals surface area contributed by atoms with Crippen LogP contribution in [-0.2, 0) is 4.74 Å². The van der Waals surface area contributed by atoms with Gasteiger partial charge in [0, 0.05) is 42.6 Å². The molecule has 0 radical (unpaired) electrons. The molecule has 2 aromatic rings. The summed E-state index contributed by atoms with van der Waals surface area (Å²) < 4.78 is 5.06. The molecule has 2 aromatic heterocycles. The summed E-state index contributed by atoms with van der Waals surface area (Å²) in [6.45, 7) is 6.00. The van der Waals surface area contributed by atoms with Crippen LogP contribution in [0.1, 0.15) is 30.0 Å². The van der Waals surface area contributed by atoms with Gasteiger partial charge in [0.15, 0.2) is 0 Å². The fourth-order valence-electron chi connectivity index (χ4n) is 2.05. The van der Waals surface area contributed by atoms with Gasteiger partial charge in [0.05, 0.1) is 5.69 Å². The molecule has 2 heterocycles. The molecule has 108 valence electrons. The third-order valence-corrected chi connectivity index (χ3v) is 4.50. The lowest BCUT2D eigenvalue weighted by Gasteiger charge is -2.12. The maximum Gasteiger partial charge on any atom is 0.125 e. The number of hydrogen-bond acceptors (Lipinski definition) is 5. The Morgan fingerprint density at radius 1 is 1.45 bits per heavy atom. The van der Waals surface area contributed by atoms with Crippen molar-refractivity contribution in [2.45, 2.75) is 26.3 Å². The van der Waals surface area contributed by atoms with E-state index in [-0.39, 0.29) is 0 Å². The van der Waals surface area contributed by atoms with Gasteiger partial charge in [-0.05, 0) is 38.9 Å². The van der Waals surface area contributed by atoms with E-state index in [1.54, 1.807) is 24.6 Å². The van der Waals surface area contributed by atoms with Crippen LogP contribution in [-0.4, -0.2) is 30.2 Å². The van der Waals surface area contributed by atoms with Crippen molar-refractivity contribution >= 4 is 11.3 Å². The molecule has 0 aromatic carbocycles. The van der Waals surface area contributed by atoms with E-state index >= 15 is 0 Å². The maximum atomic E-state index is 5.06. The molecule has 0 aliphatic heterocycles. The van der Waals surface area contributed by atoms with Crippen LogP contribution in [0, 0.1) is 6.92 Å². The molecule has 4 nitrogen and oxygen atoms in total. The topological polar surface area (TPSA) is 47.0 Å². The summed E-state index contributed by atoms with van der Waals surface area (Å²) in [4.78, 5) is 10.1. The fourth-order valence-corrected chi connectivity index (χ4v) is 3.13. The number of nitrogens with one attached hydrogen (secondary N) is 1. The smallest absolute Gasteiger partial charge is 0.125 e. The average Bonchev–Trinajstić information content (AvgIpc) is 2.86. The lowest BCUT2D eigenvalue weighted by atomic mass is 10.2. The molecule has 0 saturated heterocycles. The molecule has 0 unspecified atom stereocenters. The second kappa shape index (κ2) is 7.47. The van der Waals surface area contributed by atoms with Crippen molar-refractivity contribution in [1.29, 1.82) is 0 Å². The Morgan fingerprint density at radius 3 is 3.00 bits per heavy atom. The van der Waals surface area contributed by atoms with Gasteiger partial charge in [0.2, 0.25) is 0 Å². The van der Waals surface area contributed by atoms with Gasteiger partial charge in [-0.15, -0.1) is 11.3 Å². The van der Waals surface area contributed by atoms with Crippen molar-refractivity contribution in [3.8, 4) is 10.6 Å². The van der Waals surface area contributed by atoms with Crippen LogP contribution < -0.4 is 5.32 Å². The average molecular weight is 291 g/mol. The van der Waals surface area contributed by atoms with Crippen molar-refractivity contribution in [1.82, 2.24) is 15.3 Å². The fraction of sp³-hybridized carbons (Fsp3) is 0.467. The minimum atomic E-state index is 0.315. The van der Waals surface area contributed by atoms with E-state index in [0.717, 1.165) is 35.8 Å². The molecule has 0 bridgehead atoms. The van der Waals surface area contributed by atoms with Gasteiger partial charge in [-0.25, -0.2) is 4.98 Å². The highest BCUT2D eigenvalue weighted by molar-refractivity contribution is 7.15. The van der Waals surface area contributed by atoms with Crippen LogP contribution in [0.5, 0.6) is 0 Å². The first-order chi connectivity index (χ1) is 9.72. The molecule has 1 atom stereocenters. The molecule has 0 amide bonds. The lowest BCUT2D eigenvalue weighted by molar-refractivity contribution is 0.193. The first-order valence-electron chi connectivity index (χ1n) is 6.82. The van der Waals surface area contributed by atoms with Crippen LogP contribution in [0.25, 0.3) is 10.6 Å². The number of hydrogen-bond donors (Lipinski definition) is 1. The van der Waals surface area contributed by atoms with Gasteiger partial charge in [0.25, 0.3) is 0 Å². The van der Waals surface area contributed by atoms with Gasteiger partial charge in [-0.2, -0.15) is 0 Å². The molecule has 0 fully saturated rings. The molecule has 1 N–H and O–H groups in total. The number of rotatable bonds is 7. The second-order valence-electron chi connectivity index (χ2n) is 4.73. The Hall–Kier alpha value is -1.30. The highest BCUT2D eigenvalue weighted by Gasteiger charge is 2.14. The first-order valence-corrected chi connectivity index (χ1v) is 7.64. The van der Waals surface area contributed by atoms with Gasteiger partial charge in [-0.3, -0.25) is 4.98 Å². The van der Waals surface area contributed by atoms with Gasteiger partial charge in [-0.1, -0.05) is 0 Å². The van der Waals surface area contributed by atoms with Crippen LogP contribution in [0.15, 0.2) is 24.5 Å². The normalized spacial score (nSPS) is 12.6. The Morgan fingerprint density at radius 2 is 2.30 bits per heavy atom. The molecule has 0 aliphatic carbocycles. The van der Waals surface area contributed by atoms with Crippen LogP contribution in [0.2, 0.25) is 0 Å². The standard InChI is InChI=1S/C15H21N3OS/c1-11(17-8-5-9-19-3)14-12(2)18-15(20-14)13-6-4-7-16-10-13/h4,6-7,10-11,17H,5,8-9H2,1-3H3/t11-/m1/s1. The quantitative estimate of drug-likeness (QED) is 0.796. The zero-order valence-corrected chi connectivity index (χ0v) is 13.0. The largest absolute Gasteiger partial charge is 0.385 e. The van der Waals surface area contributed by atoms with Crippen LogP contribution >= 0.6 is 11.3 Å². The van der Waals surface area contributed by atoms with Gasteiger partial charge in [0.1, 0.15) is 5.01 Å². The van der Waals surface area contributed by atoms with Crippen molar-refractivity contribution < 1.29 is 4.74 Å². The van der Waals surface area contributed by atoms with E-state index in [0.29, 0.717) is 6.04 Å². The van der Waals surface area contributed by atoms with E-state index in [2.05, 4.69) is 29.1 Å². The molecular formula is C15H21N3OS. The van der Waals surface area contributed by atoms with Gasteiger partial charge >= 0.3 is 0 Å². The molecule has 2 rings (SSSR count). The van der Waals surface area contributed by atoms with Crippen molar-refractivity contribution in [2.24, 2.45) is 0 Å². The number of methoxy groups -OCH3 is 1. The third kappa shape index (κ3) is 3.85. The third-order valence-electron chi connectivity index (χ3n) is 3.11. The molecule has 0 spiro atoms. The van der Waals surface area contributed by atoms with E-state index < -0.39 is 0 Å². The van der Waals surface area contributed by atoms with E-state index in [1.807, 2.05) is 18.3 Å². The predicted molar refractivity (Wildman–Crippen MR) is 83.0 cm³/mol. The number of ether oxygens (including phenoxy) is 1. The van der Waals surface area contributed by atoms with Crippen molar-refractivity contribution in [2.75, 3.05) is 20.3 Å². The Balaban J connectivity index is 2.04. The van der Waals surface area contributed by atoms with Crippen LogP contribution in [0.4, 0.5) is 0 Å². The summed E-state index contributed by atoms with van der Waals surface area (Å²) in [6, 6.07) is 4.30. The molecule has 0 saturated carbocycles. The molecule has 5 heteroatoms. The first kappa shape index (κ1) is 15.1. The zero-order chi connectivity index (χ0) is 14.4. The summed E-state index contributed by atoms with van der Waals surface area (Å²) in [7, 11) is 1.73. The summed E-state index contributed by atoms with van der Waals surface area (Å²) >= 11 is 1.74. The number of nitrogens with zero attached hydrogens (tertiary/aromatic N) is 2. The molecule has 0 aliphatic rings. The Kier molecular flexibility index (Phi) is 5.64. The minimum absolute atomic E-state index is 0.315. The second-order valence-corrected chi connectivity index (χ2v) is 5.76. The molecule has 20 heavy (non-hydrogen) atoms. The van der Waals surface area contributed by atoms with Crippen molar-refractivity contribution in [3.63, 3.8) is 0 Å². The zero-order valence-electron chi connectivity index (χ0n) is 12.2. The van der Waals surface area contributed by atoms with Crippen molar-refractivity contribution in [3.05, 3.63) is 35.1 Å². The number of thiazole rings is 1. The summed E-state index contributed by atoms with van der Waals surface area (Å²) in [6.07, 6.45) is 4.66. The highest BCUT2D eigenvalue weighted by Crippen LogP contribution is 2.31. The minimum Gasteiger partial charge on any atom is -0.385 e. The number of aryl methyl sites for hydroxylation is 1. The van der Waals surface area contributed by atoms with E-state index in [4.69, 9.17) is 4.74 Å². The SMILES string of the molecule is COCCCN[C@H](C)c1sc(-c2cccnc2)nc1C. The van der Waals surface area contributed by atoms with Crippen LogP contribution in [0.3, 0.4) is 0 Å². The summed E-state index contributed by atoms with van der Waals surface area (Å²) in [5.74, 6) is 0. The monoisotopic (exact) mass is 291 g/mol. The molecular weight excluding hydrogens is 270 g/mol. The number of aromatic nitrogens is 2. The number of pyridine rings is 1. The van der Waals surface area contributed by atoms with Gasteiger partial charge < -0.3 is 10.1 Å². The predicted octanol–water partition coefficient (Wildman–Crippen LogP) is 3.20.